The first-order valence-corrected chi connectivity index (χ1v) is 19.6. The minimum Gasteiger partial charge on any atom is -0.378 e. The molecule has 0 spiro atoms. The summed E-state index contributed by atoms with van der Waals surface area (Å²) in [6.07, 6.45) is 5.67. The van der Waals surface area contributed by atoms with E-state index < -0.39 is 5.54 Å². The predicted octanol–water partition coefficient (Wildman–Crippen LogP) is 0.739. The number of carbonyl (C=O) groups is 7. The molecule has 0 aromatic carbocycles. The molecular formula is C37H69N7O10. The van der Waals surface area contributed by atoms with Crippen LogP contribution in [-0.2, 0) is 47.8 Å². The van der Waals surface area contributed by atoms with Crippen molar-refractivity contribution in [2.45, 2.75) is 117 Å². The summed E-state index contributed by atoms with van der Waals surface area (Å²) in [5.74, 6) is -1.02. The lowest BCUT2D eigenvalue weighted by Gasteiger charge is -2.34. The molecule has 17 heteroatoms. The van der Waals surface area contributed by atoms with E-state index in [0.29, 0.717) is 84.2 Å². The maximum Gasteiger partial charge on any atom is 0.222 e. The molecule has 0 bridgehead atoms. The molecule has 0 unspecified atom stereocenters. The first kappa shape index (κ1) is 50.2. The molecule has 0 saturated heterocycles. The maximum atomic E-state index is 12.9. The van der Waals surface area contributed by atoms with Crippen molar-refractivity contribution in [3.05, 3.63) is 0 Å². The lowest BCUT2D eigenvalue weighted by molar-refractivity contribution is -0.130. The molecule has 17 nitrogen and oxygen atoms in total. The molecular weight excluding hydrogens is 702 g/mol. The topological polar surface area (TPSA) is 231 Å². The number of rotatable bonds is 35. The Bertz CT molecular complexity index is 1050. The van der Waals surface area contributed by atoms with E-state index in [9.17, 15) is 33.6 Å². The third kappa shape index (κ3) is 29.6. The highest BCUT2D eigenvalue weighted by atomic mass is 16.5. The van der Waals surface area contributed by atoms with Crippen LogP contribution in [0.25, 0.3) is 0 Å². The van der Waals surface area contributed by atoms with Crippen LogP contribution in [0.5, 0.6) is 0 Å². The average molecular weight is 772 g/mol. The summed E-state index contributed by atoms with van der Waals surface area (Å²) in [5, 5.41) is 19.7. The zero-order valence-corrected chi connectivity index (χ0v) is 33.3. The zero-order chi connectivity index (χ0) is 40.3. The van der Waals surface area contributed by atoms with Gasteiger partial charge < -0.3 is 51.4 Å². The van der Waals surface area contributed by atoms with Crippen LogP contribution in [0.4, 0.5) is 0 Å². The van der Waals surface area contributed by atoms with E-state index in [4.69, 9.17) is 14.2 Å². The van der Waals surface area contributed by atoms with Gasteiger partial charge in [-0.15, -0.1) is 0 Å². The van der Waals surface area contributed by atoms with E-state index in [-0.39, 0.29) is 107 Å². The van der Waals surface area contributed by atoms with Gasteiger partial charge in [-0.05, 0) is 38.5 Å². The van der Waals surface area contributed by atoms with Crippen LogP contribution in [0, 0.1) is 0 Å². The van der Waals surface area contributed by atoms with Crippen LogP contribution in [0.3, 0.4) is 0 Å². The summed E-state index contributed by atoms with van der Waals surface area (Å²) in [6.45, 7) is 10.0. The highest BCUT2D eigenvalue weighted by Gasteiger charge is 2.34. The Kier molecular flexibility index (Phi) is 31.3. The number of nitrogens with one attached hydrogen (secondary N) is 7. The van der Waals surface area contributed by atoms with Crippen molar-refractivity contribution in [1.82, 2.24) is 37.2 Å². The molecule has 7 amide bonds. The van der Waals surface area contributed by atoms with Gasteiger partial charge in [0.15, 0.2) is 0 Å². The van der Waals surface area contributed by atoms with Crippen LogP contribution in [0.1, 0.15) is 111 Å². The van der Waals surface area contributed by atoms with Crippen LogP contribution in [-0.4, -0.2) is 126 Å². The fourth-order valence-corrected chi connectivity index (χ4v) is 4.77. The highest BCUT2D eigenvalue weighted by Crippen LogP contribution is 2.11. The van der Waals surface area contributed by atoms with Gasteiger partial charge in [-0.25, -0.2) is 0 Å². The summed E-state index contributed by atoms with van der Waals surface area (Å²) < 4.78 is 17.7. The van der Waals surface area contributed by atoms with Crippen LogP contribution in [0.2, 0.25) is 0 Å². The van der Waals surface area contributed by atoms with Crippen LogP contribution < -0.4 is 37.2 Å². The Morgan fingerprint density at radius 2 is 0.667 bits per heavy atom. The Balaban J connectivity index is 5.14. The molecule has 0 aromatic rings. The summed E-state index contributed by atoms with van der Waals surface area (Å²) >= 11 is 0. The lowest BCUT2D eigenvalue weighted by atomic mass is 10.0. The fourth-order valence-electron chi connectivity index (χ4n) is 4.77. The maximum absolute atomic E-state index is 12.9. The molecule has 0 aromatic heterocycles. The Morgan fingerprint density at radius 3 is 0.963 bits per heavy atom. The van der Waals surface area contributed by atoms with Crippen molar-refractivity contribution < 1.29 is 47.8 Å². The van der Waals surface area contributed by atoms with E-state index >= 15 is 0 Å². The lowest BCUT2D eigenvalue weighted by Crippen LogP contribution is -2.58. The summed E-state index contributed by atoms with van der Waals surface area (Å²) in [4.78, 5) is 84.5. The van der Waals surface area contributed by atoms with Crippen LogP contribution >= 0.6 is 0 Å². The number of ether oxygens (including phenoxy) is 3. The molecule has 7 N–H and O–H groups in total. The summed E-state index contributed by atoms with van der Waals surface area (Å²) in [6, 6.07) is 0. The first-order valence-electron chi connectivity index (χ1n) is 19.6. The fraction of sp³-hybridized carbons (Fsp3) is 0.811. The molecule has 0 aliphatic rings. The molecule has 0 atom stereocenters. The molecule has 0 rings (SSSR count). The van der Waals surface area contributed by atoms with Gasteiger partial charge >= 0.3 is 0 Å². The second-order valence-corrected chi connectivity index (χ2v) is 13.0. The Hall–Kier alpha value is -3.83. The standard InChI is InChI=1S/C37H69N7O10/c1-5-12-31(46)39-19-10-22-42-34(49)16-25-53-28-37(44-36(51)14-7-3,27-52-24-15-33(48)41-21-9-18-38-30(45)8-4)29-54-26-17-35(50)43-23-11-20-40-32(47)13-6-2/h5-29H2,1-4H3,(H,38,45)(H,39,46)(H,40,47)(H,41,48)(H,42,49)(H,43,50)(H,44,51). The SMILES string of the molecule is CCCC(=O)NCCCNC(=O)CCOCC(COCCC(=O)NCCCNC(=O)CC)(COCCC(=O)NCCCNC(=O)CCC)NC(=O)CCC. The molecule has 312 valence electrons. The van der Waals surface area contributed by atoms with Crippen molar-refractivity contribution in [3.63, 3.8) is 0 Å². The van der Waals surface area contributed by atoms with Gasteiger partial charge in [0.2, 0.25) is 41.4 Å². The summed E-state index contributed by atoms with van der Waals surface area (Å²) in [7, 11) is 0. The average Bonchev–Trinajstić information content (AvgIpc) is 3.13. The van der Waals surface area contributed by atoms with Gasteiger partial charge in [0.1, 0.15) is 5.54 Å². The third-order valence-electron chi connectivity index (χ3n) is 7.71. The molecule has 0 heterocycles. The monoisotopic (exact) mass is 772 g/mol. The minimum atomic E-state index is -1.18. The molecule has 0 fully saturated rings. The van der Waals surface area contributed by atoms with Crippen LogP contribution in [0.15, 0.2) is 0 Å². The molecule has 0 saturated carbocycles. The zero-order valence-electron chi connectivity index (χ0n) is 33.3. The van der Waals surface area contributed by atoms with Gasteiger partial charge in [-0.3, -0.25) is 33.6 Å². The van der Waals surface area contributed by atoms with Gasteiger partial charge in [-0.1, -0.05) is 27.7 Å². The Labute approximate surface area is 321 Å². The van der Waals surface area contributed by atoms with E-state index in [1.807, 2.05) is 20.8 Å². The molecule has 54 heavy (non-hydrogen) atoms. The van der Waals surface area contributed by atoms with Gasteiger partial charge in [0.05, 0.1) is 39.6 Å². The second kappa shape index (κ2) is 33.7. The molecule has 0 aliphatic heterocycles. The molecule has 0 radical (unpaired) electrons. The van der Waals surface area contributed by atoms with Gasteiger partial charge in [-0.2, -0.15) is 0 Å². The third-order valence-corrected chi connectivity index (χ3v) is 7.71. The first-order chi connectivity index (χ1) is 26.0. The van der Waals surface area contributed by atoms with E-state index in [0.717, 1.165) is 12.8 Å². The Morgan fingerprint density at radius 1 is 0.389 bits per heavy atom. The van der Waals surface area contributed by atoms with E-state index in [1.54, 1.807) is 6.92 Å². The van der Waals surface area contributed by atoms with Gasteiger partial charge in [0.25, 0.3) is 0 Å². The second-order valence-electron chi connectivity index (χ2n) is 13.0. The van der Waals surface area contributed by atoms with Crippen molar-refractivity contribution in [3.8, 4) is 0 Å². The number of hydrogen-bond donors (Lipinski definition) is 7. The largest absolute Gasteiger partial charge is 0.378 e. The smallest absolute Gasteiger partial charge is 0.222 e. The van der Waals surface area contributed by atoms with E-state index in [1.165, 1.54) is 0 Å². The van der Waals surface area contributed by atoms with Gasteiger partial charge in [0, 0.05) is 84.2 Å². The number of hydrogen-bond acceptors (Lipinski definition) is 10. The number of carbonyl (C=O) groups excluding carboxylic acids is 7. The quantitative estimate of drug-likeness (QED) is 0.0447. The number of amides is 7. The summed E-state index contributed by atoms with van der Waals surface area (Å²) in [5.41, 5.74) is -1.18. The van der Waals surface area contributed by atoms with E-state index in [2.05, 4.69) is 37.2 Å². The molecule has 0 aliphatic carbocycles. The van der Waals surface area contributed by atoms with Crippen molar-refractivity contribution in [2.75, 3.05) is 78.9 Å². The predicted molar refractivity (Wildman–Crippen MR) is 204 cm³/mol. The van der Waals surface area contributed by atoms with Crippen molar-refractivity contribution in [2.24, 2.45) is 0 Å². The minimum absolute atomic E-state index is 0.0160. The normalized spacial score (nSPS) is 11.0. The van der Waals surface area contributed by atoms with Crippen molar-refractivity contribution in [1.29, 1.82) is 0 Å². The highest BCUT2D eigenvalue weighted by molar-refractivity contribution is 5.78. The van der Waals surface area contributed by atoms with Crippen molar-refractivity contribution >= 4 is 41.4 Å².